The highest BCUT2D eigenvalue weighted by Gasteiger charge is 1.96. The molecular weight excluding hydrogens is 220 g/mol. The molecule has 0 aliphatic rings. The van der Waals surface area contributed by atoms with Gasteiger partial charge in [-0.3, -0.25) is 0 Å². The van der Waals surface area contributed by atoms with Crippen LogP contribution in [0.2, 0.25) is 0 Å². The fraction of sp³-hybridized carbons (Fsp3) is 0.250. The van der Waals surface area contributed by atoms with Gasteiger partial charge in [-0.25, -0.2) is 4.98 Å². The molecule has 1 N–H and O–H groups in total. The monoisotopic (exact) mass is 234 g/mol. The van der Waals surface area contributed by atoms with Gasteiger partial charge in [0, 0.05) is 18.1 Å². The zero-order valence-corrected chi connectivity index (χ0v) is 9.96. The fourth-order valence-corrected chi connectivity index (χ4v) is 1.89. The molecule has 16 heavy (non-hydrogen) atoms. The van der Waals surface area contributed by atoms with Crippen LogP contribution in [-0.2, 0) is 6.54 Å². The average Bonchev–Trinajstić information content (AvgIpc) is 2.82. The van der Waals surface area contributed by atoms with Crippen molar-refractivity contribution in [1.29, 1.82) is 0 Å². The molecule has 0 bridgehead atoms. The van der Waals surface area contributed by atoms with Crippen molar-refractivity contribution in [2.24, 2.45) is 0 Å². The van der Waals surface area contributed by atoms with Crippen LogP contribution < -0.4 is 10.1 Å². The number of ether oxygens (including phenoxy) is 1. The largest absolute Gasteiger partial charge is 0.494 e. The Balaban J connectivity index is 1.90. The highest BCUT2D eigenvalue weighted by molar-refractivity contribution is 7.13. The summed E-state index contributed by atoms with van der Waals surface area (Å²) in [5.74, 6) is 0.917. The van der Waals surface area contributed by atoms with E-state index in [0.29, 0.717) is 6.61 Å². The number of rotatable bonds is 5. The maximum Gasteiger partial charge on any atom is 0.182 e. The average molecular weight is 234 g/mol. The lowest BCUT2D eigenvalue weighted by Gasteiger charge is -2.05. The third-order valence-electron chi connectivity index (χ3n) is 2.11. The smallest absolute Gasteiger partial charge is 0.182 e. The minimum absolute atomic E-state index is 0.705. The highest BCUT2D eigenvalue weighted by Crippen LogP contribution is 2.15. The van der Waals surface area contributed by atoms with E-state index in [1.165, 1.54) is 5.56 Å². The van der Waals surface area contributed by atoms with Crippen molar-refractivity contribution >= 4 is 16.5 Å². The van der Waals surface area contributed by atoms with Crippen LogP contribution in [0.4, 0.5) is 5.13 Å². The molecule has 84 valence electrons. The molecule has 0 unspecified atom stereocenters. The summed E-state index contributed by atoms with van der Waals surface area (Å²) in [6.07, 6.45) is 1.80. The first-order valence-electron chi connectivity index (χ1n) is 5.23. The first-order valence-corrected chi connectivity index (χ1v) is 6.11. The summed E-state index contributed by atoms with van der Waals surface area (Å²) in [5.41, 5.74) is 1.22. The Labute approximate surface area is 99.1 Å². The lowest BCUT2D eigenvalue weighted by molar-refractivity contribution is 0.340. The van der Waals surface area contributed by atoms with Crippen molar-refractivity contribution in [2.75, 3.05) is 11.9 Å². The lowest BCUT2D eigenvalue weighted by Crippen LogP contribution is -1.98. The Kier molecular flexibility index (Phi) is 3.77. The van der Waals surface area contributed by atoms with Gasteiger partial charge in [0.05, 0.1) is 6.61 Å². The number of nitrogens with zero attached hydrogens (tertiary/aromatic N) is 1. The summed E-state index contributed by atoms with van der Waals surface area (Å²) in [6.45, 7) is 3.48. The maximum absolute atomic E-state index is 5.38. The molecule has 0 atom stereocenters. The molecule has 0 radical (unpaired) electrons. The van der Waals surface area contributed by atoms with E-state index in [4.69, 9.17) is 4.74 Å². The summed E-state index contributed by atoms with van der Waals surface area (Å²) < 4.78 is 5.38. The Hall–Kier alpha value is -1.55. The Morgan fingerprint density at radius 3 is 2.75 bits per heavy atom. The number of aromatic nitrogens is 1. The van der Waals surface area contributed by atoms with E-state index in [1.54, 1.807) is 17.5 Å². The highest BCUT2D eigenvalue weighted by atomic mass is 32.1. The van der Waals surface area contributed by atoms with Gasteiger partial charge in [-0.2, -0.15) is 0 Å². The number of thiazole rings is 1. The molecule has 0 spiro atoms. The maximum atomic E-state index is 5.38. The van der Waals surface area contributed by atoms with Crippen LogP contribution in [0.1, 0.15) is 12.5 Å². The van der Waals surface area contributed by atoms with E-state index in [9.17, 15) is 0 Å². The van der Waals surface area contributed by atoms with E-state index in [-0.39, 0.29) is 0 Å². The van der Waals surface area contributed by atoms with Gasteiger partial charge in [-0.1, -0.05) is 12.1 Å². The standard InChI is InChI=1S/C12H14N2OS/c1-2-15-11-5-3-10(4-6-11)9-14-12-13-7-8-16-12/h3-8H,2,9H2,1H3,(H,13,14). The summed E-state index contributed by atoms with van der Waals surface area (Å²) >= 11 is 1.61. The molecule has 1 aromatic carbocycles. The van der Waals surface area contributed by atoms with Gasteiger partial charge in [0.25, 0.3) is 0 Å². The first-order chi connectivity index (χ1) is 7.88. The molecule has 0 aliphatic carbocycles. The molecule has 0 saturated carbocycles. The molecule has 0 aliphatic heterocycles. The minimum Gasteiger partial charge on any atom is -0.494 e. The van der Waals surface area contributed by atoms with Gasteiger partial charge in [0.1, 0.15) is 5.75 Å². The quantitative estimate of drug-likeness (QED) is 0.863. The summed E-state index contributed by atoms with van der Waals surface area (Å²) in [6, 6.07) is 8.10. The van der Waals surface area contributed by atoms with Crippen molar-refractivity contribution < 1.29 is 4.74 Å². The number of hydrogen-bond acceptors (Lipinski definition) is 4. The van der Waals surface area contributed by atoms with Gasteiger partial charge in [-0.15, -0.1) is 11.3 Å². The summed E-state index contributed by atoms with van der Waals surface area (Å²) in [4.78, 5) is 4.16. The topological polar surface area (TPSA) is 34.1 Å². The number of hydrogen-bond donors (Lipinski definition) is 1. The van der Waals surface area contributed by atoms with Gasteiger partial charge >= 0.3 is 0 Å². The van der Waals surface area contributed by atoms with Crippen molar-refractivity contribution in [1.82, 2.24) is 4.98 Å². The summed E-state index contributed by atoms with van der Waals surface area (Å²) in [7, 11) is 0. The van der Waals surface area contributed by atoms with Crippen molar-refractivity contribution in [3.8, 4) is 5.75 Å². The third-order valence-corrected chi connectivity index (χ3v) is 2.84. The van der Waals surface area contributed by atoms with Crippen LogP contribution in [-0.4, -0.2) is 11.6 Å². The lowest BCUT2D eigenvalue weighted by atomic mass is 10.2. The molecule has 4 heteroatoms. The zero-order valence-electron chi connectivity index (χ0n) is 9.14. The zero-order chi connectivity index (χ0) is 11.2. The Bertz CT molecular complexity index is 411. The van der Waals surface area contributed by atoms with Crippen molar-refractivity contribution in [2.45, 2.75) is 13.5 Å². The van der Waals surface area contributed by atoms with Gasteiger partial charge in [0.2, 0.25) is 0 Å². The molecule has 0 amide bonds. The van der Waals surface area contributed by atoms with Crippen LogP contribution in [0.5, 0.6) is 5.75 Å². The summed E-state index contributed by atoms with van der Waals surface area (Å²) in [5, 5.41) is 6.17. The van der Waals surface area contributed by atoms with E-state index in [0.717, 1.165) is 17.4 Å². The molecule has 2 rings (SSSR count). The molecule has 0 saturated heterocycles. The van der Waals surface area contributed by atoms with Crippen LogP contribution in [0.15, 0.2) is 35.8 Å². The number of nitrogens with one attached hydrogen (secondary N) is 1. The first kappa shape index (κ1) is 11.0. The third kappa shape index (κ3) is 2.97. The van der Waals surface area contributed by atoms with Crippen LogP contribution in [0.25, 0.3) is 0 Å². The molecule has 0 fully saturated rings. The normalized spacial score (nSPS) is 10.1. The molecule has 2 aromatic rings. The molecule has 3 nitrogen and oxygen atoms in total. The predicted octanol–water partition coefficient (Wildman–Crippen LogP) is 3.15. The SMILES string of the molecule is CCOc1ccc(CNc2nccs2)cc1. The van der Waals surface area contributed by atoms with Gasteiger partial charge < -0.3 is 10.1 Å². The van der Waals surface area contributed by atoms with Crippen LogP contribution >= 0.6 is 11.3 Å². The molecule has 1 heterocycles. The second kappa shape index (κ2) is 5.51. The van der Waals surface area contributed by atoms with E-state index in [1.807, 2.05) is 24.4 Å². The van der Waals surface area contributed by atoms with E-state index >= 15 is 0 Å². The molecular formula is C12H14N2OS. The number of anilines is 1. The minimum atomic E-state index is 0.705. The van der Waals surface area contributed by atoms with Crippen molar-refractivity contribution in [3.63, 3.8) is 0 Å². The van der Waals surface area contributed by atoms with Crippen LogP contribution in [0, 0.1) is 0 Å². The fourth-order valence-electron chi connectivity index (χ4n) is 1.36. The van der Waals surface area contributed by atoms with E-state index < -0.39 is 0 Å². The number of benzene rings is 1. The predicted molar refractivity (Wildman–Crippen MR) is 67.1 cm³/mol. The second-order valence-corrected chi connectivity index (χ2v) is 4.16. The Morgan fingerprint density at radius 2 is 2.12 bits per heavy atom. The Morgan fingerprint density at radius 1 is 1.31 bits per heavy atom. The van der Waals surface area contributed by atoms with E-state index in [2.05, 4.69) is 22.4 Å². The van der Waals surface area contributed by atoms with Crippen LogP contribution in [0.3, 0.4) is 0 Å². The van der Waals surface area contributed by atoms with Gasteiger partial charge in [0.15, 0.2) is 5.13 Å². The van der Waals surface area contributed by atoms with Gasteiger partial charge in [-0.05, 0) is 24.6 Å². The second-order valence-electron chi connectivity index (χ2n) is 3.27. The van der Waals surface area contributed by atoms with Crippen molar-refractivity contribution in [3.05, 3.63) is 41.4 Å². The molecule has 1 aromatic heterocycles.